The Balaban J connectivity index is 1.76. The van der Waals surface area contributed by atoms with Crippen LogP contribution in [0.1, 0.15) is 11.6 Å². The molecule has 0 saturated carbocycles. The largest absolute Gasteiger partial charge is 0.323 e. The van der Waals surface area contributed by atoms with Crippen LogP contribution in [-0.2, 0) is 14.8 Å². The van der Waals surface area contributed by atoms with Crippen LogP contribution in [0.15, 0.2) is 72.1 Å². The second kappa shape index (κ2) is 7.82. The first-order chi connectivity index (χ1) is 12.5. The molecule has 3 rings (SSSR count). The second-order valence-corrected chi connectivity index (χ2v) is 7.94. The summed E-state index contributed by atoms with van der Waals surface area (Å²) in [5, 5.41) is 5.97. The Labute approximate surface area is 153 Å². The molecular weight excluding hydrogens is 350 g/mol. The average molecular weight is 371 g/mol. The fourth-order valence-electron chi connectivity index (χ4n) is 2.90. The molecule has 1 heterocycles. The van der Waals surface area contributed by atoms with Gasteiger partial charge in [-0.15, -0.1) is 0 Å². The molecule has 0 aromatic heterocycles. The van der Waals surface area contributed by atoms with Crippen LogP contribution in [0.3, 0.4) is 0 Å². The van der Waals surface area contributed by atoms with Crippen LogP contribution in [0.25, 0.3) is 0 Å². The van der Waals surface area contributed by atoms with Crippen molar-refractivity contribution in [1.82, 2.24) is 9.62 Å². The number of piperazine rings is 1. The topological polar surface area (TPSA) is 78.5 Å². The van der Waals surface area contributed by atoms with Crippen LogP contribution in [0, 0.1) is 0 Å². The van der Waals surface area contributed by atoms with E-state index < -0.39 is 10.0 Å². The van der Waals surface area contributed by atoms with E-state index in [2.05, 4.69) is 17.2 Å². The van der Waals surface area contributed by atoms with Gasteiger partial charge < -0.3 is 10.6 Å². The molecule has 0 radical (unpaired) electrons. The van der Waals surface area contributed by atoms with Gasteiger partial charge in [0.05, 0.1) is 4.90 Å². The fraction of sp³-hybridized carbons (Fsp3) is 0.211. The number of nitrogens with one attached hydrogen (secondary N) is 2. The Morgan fingerprint density at radius 3 is 2.50 bits per heavy atom. The monoisotopic (exact) mass is 371 g/mol. The lowest BCUT2D eigenvalue weighted by Crippen LogP contribution is -2.48. The van der Waals surface area contributed by atoms with Gasteiger partial charge in [-0.2, -0.15) is 4.31 Å². The van der Waals surface area contributed by atoms with E-state index in [-0.39, 0.29) is 16.8 Å². The number of hydrogen-bond acceptors (Lipinski definition) is 4. The Bertz CT molecular complexity index is 880. The molecule has 1 saturated heterocycles. The number of carbonyl (C=O) groups is 1. The minimum absolute atomic E-state index is 0.0362. The van der Waals surface area contributed by atoms with Crippen molar-refractivity contribution in [2.75, 3.05) is 25.0 Å². The summed E-state index contributed by atoms with van der Waals surface area (Å²) in [6.07, 6.45) is 1.16. The zero-order valence-electron chi connectivity index (χ0n) is 14.3. The fourth-order valence-corrected chi connectivity index (χ4v) is 4.36. The Hall–Kier alpha value is -2.48. The highest BCUT2D eigenvalue weighted by Crippen LogP contribution is 2.24. The van der Waals surface area contributed by atoms with E-state index in [1.807, 2.05) is 30.3 Å². The highest BCUT2D eigenvalue weighted by Gasteiger charge is 2.30. The summed E-state index contributed by atoms with van der Waals surface area (Å²) >= 11 is 0. The molecule has 2 N–H and O–H groups in total. The van der Waals surface area contributed by atoms with Crippen molar-refractivity contribution in [2.45, 2.75) is 10.9 Å². The molecule has 0 bridgehead atoms. The van der Waals surface area contributed by atoms with Gasteiger partial charge in [0.1, 0.15) is 0 Å². The van der Waals surface area contributed by atoms with Gasteiger partial charge in [-0.25, -0.2) is 8.42 Å². The van der Waals surface area contributed by atoms with Crippen molar-refractivity contribution in [1.29, 1.82) is 0 Å². The zero-order chi connectivity index (χ0) is 18.6. The molecule has 2 aromatic rings. The van der Waals surface area contributed by atoms with E-state index >= 15 is 0 Å². The number of nitrogens with zero attached hydrogens (tertiary/aromatic N) is 1. The lowest BCUT2D eigenvalue weighted by atomic mass is 10.1. The molecule has 26 heavy (non-hydrogen) atoms. The van der Waals surface area contributed by atoms with E-state index in [1.165, 1.54) is 16.4 Å². The van der Waals surface area contributed by atoms with Crippen molar-refractivity contribution in [3.63, 3.8) is 0 Å². The third-order valence-electron chi connectivity index (χ3n) is 4.29. The molecular formula is C19H21N3O3S. The molecule has 1 aliphatic rings. The molecule has 136 valence electrons. The molecule has 0 aliphatic carbocycles. The van der Waals surface area contributed by atoms with E-state index in [9.17, 15) is 13.2 Å². The van der Waals surface area contributed by atoms with Crippen LogP contribution < -0.4 is 10.6 Å². The van der Waals surface area contributed by atoms with Crippen molar-refractivity contribution in [2.24, 2.45) is 0 Å². The number of amides is 1. The van der Waals surface area contributed by atoms with Crippen LogP contribution >= 0.6 is 0 Å². The number of hydrogen-bond donors (Lipinski definition) is 2. The van der Waals surface area contributed by atoms with Crippen LogP contribution in [-0.4, -0.2) is 38.3 Å². The van der Waals surface area contributed by atoms with Crippen molar-refractivity contribution < 1.29 is 13.2 Å². The summed E-state index contributed by atoms with van der Waals surface area (Å²) in [5.41, 5.74) is 1.59. The minimum Gasteiger partial charge on any atom is -0.323 e. The van der Waals surface area contributed by atoms with Crippen LogP contribution in [0.2, 0.25) is 0 Å². The summed E-state index contributed by atoms with van der Waals surface area (Å²) in [6.45, 7) is 4.77. The first-order valence-electron chi connectivity index (χ1n) is 8.32. The van der Waals surface area contributed by atoms with Gasteiger partial charge in [0.15, 0.2) is 0 Å². The van der Waals surface area contributed by atoms with Crippen molar-refractivity contribution in [3.05, 3.63) is 72.8 Å². The summed E-state index contributed by atoms with van der Waals surface area (Å²) in [7, 11) is -3.59. The summed E-state index contributed by atoms with van der Waals surface area (Å²) in [5.74, 6) is -0.339. The Morgan fingerprint density at radius 1 is 1.15 bits per heavy atom. The molecule has 7 heteroatoms. The van der Waals surface area contributed by atoms with Crippen LogP contribution in [0.4, 0.5) is 5.69 Å². The van der Waals surface area contributed by atoms with E-state index in [1.54, 1.807) is 12.1 Å². The van der Waals surface area contributed by atoms with Gasteiger partial charge in [-0.3, -0.25) is 4.79 Å². The zero-order valence-corrected chi connectivity index (χ0v) is 15.1. The SMILES string of the molecule is C=CC(=O)Nc1ccc(S(=O)(=O)N2CCNC(c3ccccc3)C2)cc1. The van der Waals surface area contributed by atoms with Gasteiger partial charge in [0, 0.05) is 31.4 Å². The molecule has 1 aliphatic heterocycles. The Morgan fingerprint density at radius 2 is 1.85 bits per heavy atom. The lowest BCUT2D eigenvalue weighted by molar-refractivity contribution is -0.111. The second-order valence-electron chi connectivity index (χ2n) is 6.00. The van der Waals surface area contributed by atoms with Gasteiger partial charge in [0.25, 0.3) is 0 Å². The standard InChI is InChI=1S/C19H21N3O3S/c1-2-19(23)21-16-8-10-17(11-9-16)26(24,25)22-13-12-20-18(14-22)15-6-4-3-5-7-15/h2-11,18,20H,1,12-14H2,(H,21,23). The molecule has 6 nitrogen and oxygen atoms in total. The Kier molecular flexibility index (Phi) is 5.51. The third-order valence-corrected chi connectivity index (χ3v) is 6.16. The lowest BCUT2D eigenvalue weighted by Gasteiger charge is -2.33. The summed E-state index contributed by atoms with van der Waals surface area (Å²) < 4.78 is 27.4. The number of anilines is 1. The molecule has 1 amide bonds. The van der Waals surface area contributed by atoms with E-state index in [4.69, 9.17) is 0 Å². The van der Waals surface area contributed by atoms with Gasteiger partial charge in [-0.1, -0.05) is 36.9 Å². The molecule has 0 spiro atoms. The van der Waals surface area contributed by atoms with Crippen molar-refractivity contribution in [3.8, 4) is 0 Å². The van der Waals surface area contributed by atoms with Gasteiger partial charge in [0.2, 0.25) is 15.9 Å². The number of sulfonamides is 1. The third kappa shape index (κ3) is 4.01. The molecule has 1 fully saturated rings. The maximum atomic E-state index is 12.9. The first-order valence-corrected chi connectivity index (χ1v) is 9.76. The quantitative estimate of drug-likeness (QED) is 0.790. The predicted molar refractivity (Wildman–Crippen MR) is 101 cm³/mol. The predicted octanol–water partition coefficient (Wildman–Crippen LogP) is 2.15. The van der Waals surface area contributed by atoms with Crippen LogP contribution in [0.5, 0.6) is 0 Å². The van der Waals surface area contributed by atoms with Gasteiger partial charge in [-0.05, 0) is 35.9 Å². The first kappa shape index (κ1) is 18.3. The summed E-state index contributed by atoms with van der Waals surface area (Å²) in [6, 6.07) is 15.9. The average Bonchev–Trinajstić information content (AvgIpc) is 2.69. The maximum Gasteiger partial charge on any atom is 0.247 e. The summed E-state index contributed by atoms with van der Waals surface area (Å²) in [4.78, 5) is 11.5. The number of rotatable bonds is 5. The molecule has 2 aromatic carbocycles. The highest BCUT2D eigenvalue weighted by molar-refractivity contribution is 7.89. The van der Waals surface area contributed by atoms with E-state index in [0.29, 0.717) is 25.3 Å². The van der Waals surface area contributed by atoms with E-state index in [0.717, 1.165) is 11.6 Å². The minimum atomic E-state index is -3.59. The highest BCUT2D eigenvalue weighted by atomic mass is 32.2. The molecule has 1 atom stereocenters. The maximum absolute atomic E-state index is 12.9. The molecule has 1 unspecified atom stereocenters. The number of benzene rings is 2. The smallest absolute Gasteiger partial charge is 0.247 e. The number of carbonyl (C=O) groups excluding carboxylic acids is 1. The van der Waals surface area contributed by atoms with Gasteiger partial charge >= 0.3 is 0 Å². The van der Waals surface area contributed by atoms with Crippen molar-refractivity contribution >= 4 is 21.6 Å². The normalized spacial score (nSPS) is 18.2.